The van der Waals surface area contributed by atoms with Crippen LogP contribution in [0.15, 0.2) is 66.0 Å². The average molecular weight is 304 g/mol. The molecular weight excluding hydrogens is 292 g/mol. The lowest BCUT2D eigenvalue weighted by Gasteiger charge is -2.02. The van der Waals surface area contributed by atoms with Crippen LogP contribution in [0.5, 0.6) is 5.75 Å². The highest BCUT2D eigenvalue weighted by molar-refractivity contribution is 6.17. The number of benzene rings is 1. The van der Waals surface area contributed by atoms with E-state index in [0.717, 1.165) is 17.1 Å². The molecule has 112 valence electrons. The minimum Gasteiger partial charge on any atom is -0.508 e. The summed E-state index contributed by atoms with van der Waals surface area (Å²) in [6.07, 6.45) is 3.63. The number of phenols is 1. The summed E-state index contributed by atoms with van der Waals surface area (Å²) in [7, 11) is 0. The lowest BCUT2D eigenvalue weighted by molar-refractivity contribution is 0.0955. The first-order chi connectivity index (χ1) is 11.2. The SMILES string of the molecule is O=C(N/N=C1/c2cccnc2-n2cccc21)c1ccc(O)cc1. The number of fused-ring (bicyclic) bond motifs is 3. The second-order valence-electron chi connectivity index (χ2n) is 5.09. The van der Waals surface area contributed by atoms with E-state index in [1.165, 1.54) is 24.3 Å². The van der Waals surface area contributed by atoms with Crippen LogP contribution < -0.4 is 5.43 Å². The first kappa shape index (κ1) is 13.3. The number of hydrogen-bond acceptors (Lipinski definition) is 4. The van der Waals surface area contributed by atoms with Gasteiger partial charge in [0.15, 0.2) is 0 Å². The number of amides is 1. The van der Waals surface area contributed by atoms with Crippen molar-refractivity contribution in [2.75, 3.05) is 0 Å². The fourth-order valence-corrected chi connectivity index (χ4v) is 2.57. The average Bonchev–Trinajstić information content (AvgIpc) is 3.15. The van der Waals surface area contributed by atoms with Crippen molar-refractivity contribution < 1.29 is 9.90 Å². The third-order valence-electron chi connectivity index (χ3n) is 3.66. The van der Waals surface area contributed by atoms with E-state index >= 15 is 0 Å². The molecular formula is C17H12N4O2. The molecule has 6 nitrogen and oxygen atoms in total. The third-order valence-corrected chi connectivity index (χ3v) is 3.66. The summed E-state index contributed by atoms with van der Waals surface area (Å²) in [5.41, 5.74) is 5.40. The Morgan fingerprint density at radius 3 is 2.78 bits per heavy atom. The Hall–Kier alpha value is -3.41. The van der Waals surface area contributed by atoms with Crippen molar-refractivity contribution in [1.29, 1.82) is 0 Å². The van der Waals surface area contributed by atoms with Crippen molar-refractivity contribution in [1.82, 2.24) is 15.0 Å². The summed E-state index contributed by atoms with van der Waals surface area (Å²) in [5, 5.41) is 13.5. The van der Waals surface area contributed by atoms with Crippen LogP contribution in [-0.4, -0.2) is 26.3 Å². The van der Waals surface area contributed by atoms with E-state index in [2.05, 4.69) is 15.5 Å². The lowest BCUT2D eigenvalue weighted by Crippen LogP contribution is -2.19. The molecule has 0 radical (unpaired) electrons. The van der Waals surface area contributed by atoms with E-state index in [9.17, 15) is 9.90 Å². The Bertz CT molecular complexity index is 926. The molecule has 0 atom stereocenters. The molecule has 3 aromatic rings. The molecule has 2 N–H and O–H groups in total. The van der Waals surface area contributed by atoms with Gasteiger partial charge in [-0.05, 0) is 48.5 Å². The summed E-state index contributed by atoms with van der Waals surface area (Å²) >= 11 is 0. The predicted octanol–water partition coefficient (Wildman–Crippen LogP) is 2.07. The molecule has 23 heavy (non-hydrogen) atoms. The number of nitrogens with one attached hydrogen (secondary N) is 1. The van der Waals surface area contributed by atoms with Crippen LogP contribution in [-0.2, 0) is 0 Å². The number of aromatic nitrogens is 2. The summed E-state index contributed by atoms with van der Waals surface area (Å²) in [6.45, 7) is 0. The van der Waals surface area contributed by atoms with Crippen LogP contribution >= 0.6 is 0 Å². The third kappa shape index (κ3) is 2.17. The van der Waals surface area contributed by atoms with E-state index in [1.807, 2.05) is 35.0 Å². The largest absolute Gasteiger partial charge is 0.508 e. The van der Waals surface area contributed by atoms with Crippen molar-refractivity contribution in [2.24, 2.45) is 5.10 Å². The van der Waals surface area contributed by atoms with Gasteiger partial charge in [0.05, 0.1) is 5.69 Å². The number of hydrogen-bond donors (Lipinski definition) is 2. The molecule has 0 saturated heterocycles. The number of phenolic OH excluding ortho intramolecular Hbond substituents is 1. The number of aromatic hydroxyl groups is 1. The Morgan fingerprint density at radius 2 is 1.96 bits per heavy atom. The fraction of sp³-hybridized carbons (Fsp3) is 0. The van der Waals surface area contributed by atoms with Crippen molar-refractivity contribution in [3.63, 3.8) is 0 Å². The highest BCUT2D eigenvalue weighted by Crippen LogP contribution is 2.26. The predicted molar refractivity (Wildman–Crippen MR) is 84.8 cm³/mol. The van der Waals surface area contributed by atoms with E-state index in [-0.39, 0.29) is 11.7 Å². The highest BCUT2D eigenvalue weighted by atomic mass is 16.3. The molecule has 0 fully saturated rings. The van der Waals surface area contributed by atoms with Crippen molar-refractivity contribution in [3.05, 3.63) is 77.7 Å². The molecule has 6 heteroatoms. The fourth-order valence-electron chi connectivity index (χ4n) is 2.57. The minimum absolute atomic E-state index is 0.112. The van der Waals surface area contributed by atoms with Crippen LogP contribution in [0.25, 0.3) is 5.82 Å². The number of nitrogens with zero attached hydrogens (tertiary/aromatic N) is 3. The zero-order valence-corrected chi connectivity index (χ0v) is 12.0. The van der Waals surface area contributed by atoms with Crippen LogP contribution in [0.1, 0.15) is 21.6 Å². The molecule has 1 aliphatic heterocycles. The monoisotopic (exact) mass is 304 g/mol. The van der Waals surface area contributed by atoms with Crippen molar-refractivity contribution >= 4 is 11.6 Å². The Balaban J connectivity index is 1.67. The maximum absolute atomic E-state index is 12.2. The van der Waals surface area contributed by atoms with Gasteiger partial charge in [-0.25, -0.2) is 10.4 Å². The van der Waals surface area contributed by atoms with Crippen LogP contribution in [0.4, 0.5) is 0 Å². The number of carbonyl (C=O) groups excluding carboxylic acids is 1. The highest BCUT2D eigenvalue weighted by Gasteiger charge is 2.25. The summed E-state index contributed by atoms with van der Waals surface area (Å²) in [4.78, 5) is 16.5. The molecule has 2 aromatic heterocycles. The minimum atomic E-state index is -0.340. The van der Waals surface area contributed by atoms with E-state index in [4.69, 9.17) is 0 Å². The first-order valence-electron chi connectivity index (χ1n) is 7.04. The van der Waals surface area contributed by atoms with Crippen LogP contribution in [0, 0.1) is 0 Å². The molecule has 1 aromatic carbocycles. The number of pyridine rings is 1. The molecule has 3 heterocycles. The van der Waals surface area contributed by atoms with E-state index < -0.39 is 0 Å². The number of carbonyl (C=O) groups is 1. The molecule has 0 aliphatic carbocycles. The Labute approximate surface area is 131 Å². The maximum Gasteiger partial charge on any atom is 0.271 e. The molecule has 0 spiro atoms. The number of hydrazone groups is 1. The van der Waals surface area contributed by atoms with Gasteiger partial charge in [-0.2, -0.15) is 5.10 Å². The Morgan fingerprint density at radius 1 is 1.13 bits per heavy atom. The van der Waals surface area contributed by atoms with Gasteiger partial charge in [0, 0.05) is 23.5 Å². The van der Waals surface area contributed by atoms with E-state index in [1.54, 1.807) is 6.20 Å². The molecule has 0 unspecified atom stereocenters. The van der Waals surface area contributed by atoms with Crippen molar-refractivity contribution in [3.8, 4) is 11.6 Å². The summed E-state index contributed by atoms with van der Waals surface area (Å²) in [6, 6.07) is 13.6. The molecule has 0 bridgehead atoms. The molecule has 0 saturated carbocycles. The van der Waals surface area contributed by atoms with Gasteiger partial charge in [-0.3, -0.25) is 9.36 Å². The zero-order chi connectivity index (χ0) is 15.8. The maximum atomic E-state index is 12.2. The van der Waals surface area contributed by atoms with Crippen LogP contribution in [0.2, 0.25) is 0 Å². The molecule has 1 aliphatic rings. The quantitative estimate of drug-likeness (QED) is 0.556. The standard InChI is InChI=1S/C17H12N4O2/c22-12-7-5-11(6-8-12)17(23)20-19-15-13-3-1-9-18-16(13)21-10-2-4-14(15)21/h1-10,22H,(H,20,23)/b19-15-. The normalized spacial score (nSPS) is 13.7. The smallest absolute Gasteiger partial charge is 0.271 e. The van der Waals surface area contributed by atoms with Gasteiger partial charge in [-0.1, -0.05) is 0 Å². The van der Waals surface area contributed by atoms with Gasteiger partial charge in [-0.15, -0.1) is 0 Å². The summed E-state index contributed by atoms with van der Waals surface area (Å²) in [5.74, 6) is 0.569. The zero-order valence-electron chi connectivity index (χ0n) is 12.0. The second-order valence-corrected chi connectivity index (χ2v) is 5.09. The van der Waals surface area contributed by atoms with Gasteiger partial charge in [0.1, 0.15) is 17.3 Å². The lowest BCUT2D eigenvalue weighted by atomic mass is 10.1. The summed E-state index contributed by atoms with van der Waals surface area (Å²) < 4.78 is 1.93. The van der Waals surface area contributed by atoms with Gasteiger partial charge < -0.3 is 5.11 Å². The topological polar surface area (TPSA) is 79.5 Å². The Kier molecular flexibility index (Phi) is 2.94. The van der Waals surface area contributed by atoms with Crippen molar-refractivity contribution in [2.45, 2.75) is 0 Å². The van der Waals surface area contributed by atoms with Gasteiger partial charge >= 0.3 is 0 Å². The second kappa shape index (κ2) is 5.10. The first-order valence-corrected chi connectivity index (χ1v) is 7.04. The number of rotatable bonds is 2. The van der Waals surface area contributed by atoms with Crippen LogP contribution in [0.3, 0.4) is 0 Å². The van der Waals surface area contributed by atoms with E-state index in [0.29, 0.717) is 11.3 Å². The molecule has 4 rings (SSSR count). The van der Waals surface area contributed by atoms with Gasteiger partial charge in [0.25, 0.3) is 5.91 Å². The molecule has 1 amide bonds. The van der Waals surface area contributed by atoms with Gasteiger partial charge in [0.2, 0.25) is 0 Å².